The normalized spacial score (nSPS) is 16.5. The Kier molecular flexibility index (Phi) is 6.28. The van der Waals surface area contributed by atoms with Crippen molar-refractivity contribution in [2.45, 2.75) is 12.3 Å². The quantitative estimate of drug-likeness (QED) is 0.729. The number of likely N-dealkylation sites (N-methyl/N-ethyl adjacent to an activating group) is 1. The van der Waals surface area contributed by atoms with Crippen LogP contribution in [0.15, 0.2) is 42.5 Å². The number of thioether (sulfide) groups is 1. The van der Waals surface area contributed by atoms with Gasteiger partial charge < -0.3 is 9.80 Å². The number of halogens is 3. The van der Waals surface area contributed by atoms with Crippen LogP contribution in [0.25, 0.3) is 0 Å². The van der Waals surface area contributed by atoms with Gasteiger partial charge in [0.2, 0.25) is 5.91 Å². The maximum Gasteiger partial charge on any atom is 0.253 e. The fourth-order valence-electron chi connectivity index (χ4n) is 3.06. The molecule has 1 fully saturated rings. The first-order chi connectivity index (χ1) is 13.4. The second kappa shape index (κ2) is 8.68. The van der Waals surface area contributed by atoms with Crippen molar-refractivity contribution >= 4 is 23.6 Å². The minimum Gasteiger partial charge on any atom is -0.337 e. The zero-order chi connectivity index (χ0) is 20.3. The Bertz CT molecular complexity index is 876. The summed E-state index contributed by atoms with van der Waals surface area (Å²) in [4.78, 5) is 27.9. The van der Waals surface area contributed by atoms with Gasteiger partial charge in [-0.1, -0.05) is 6.07 Å². The summed E-state index contributed by atoms with van der Waals surface area (Å²) in [6, 6.07) is 8.56. The smallest absolute Gasteiger partial charge is 0.253 e. The molecule has 1 aliphatic rings. The summed E-state index contributed by atoms with van der Waals surface area (Å²) >= 11 is 1.27. The van der Waals surface area contributed by atoms with Crippen molar-refractivity contribution in [3.63, 3.8) is 0 Å². The molecule has 0 N–H and O–H groups in total. The predicted molar refractivity (Wildman–Crippen MR) is 101 cm³/mol. The highest BCUT2D eigenvalue weighted by Gasteiger charge is 2.34. The van der Waals surface area contributed by atoms with Gasteiger partial charge in [-0.2, -0.15) is 0 Å². The van der Waals surface area contributed by atoms with Crippen LogP contribution in [0.1, 0.15) is 28.2 Å². The Labute approximate surface area is 165 Å². The lowest BCUT2D eigenvalue weighted by Gasteiger charge is -2.28. The Hall–Kier alpha value is -2.48. The molecule has 0 aliphatic carbocycles. The van der Waals surface area contributed by atoms with Gasteiger partial charge in [-0.3, -0.25) is 9.59 Å². The maximum atomic E-state index is 14.2. The zero-order valence-corrected chi connectivity index (χ0v) is 16.0. The summed E-state index contributed by atoms with van der Waals surface area (Å²) in [5.41, 5.74) is 0.594. The number of amides is 2. The first-order valence-electron chi connectivity index (χ1n) is 8.81. The summed E-state index contributed by atoms with van der Waals surface area (Å²) in [5, 5.41) is -0.562. The molecule has 3 rings (SSSR count). The van der Waals surface area contributed by atoms with Crippen LogP contribution in [-0.4, -0.2) is 47.0 Å². The first kappa shape index (κ1) is 20.3. The zero-order valence-electron chi connectivity index (χ0n) is 15.2. The molecular formula is C20H19F3N2O2S. The van der Waals surface area contributed by atoms with Gasteiger partial charge in [-0.05, 0) is 37.3 Å². The van der Waals surface area contributed by atoms with Crippen molar-refractivity contribution in [1.29, 1.82) is 0 Å². The van der Waals surface area contributed by atoms with Gasteiger partial charge in [-0.25, -0.2) is 13.2 Å². The molecule has 1 aliphatic heterocycles. The van der Waals surface area contributed by atoms with Crippen LogP contribution in [0, 0.1) is 17.5 Å². The molecule has 8 heteroatoms. The molecule has 4 nitrogen and oxygen atoms in total. The minimum absolute atomic E-state index is 0.163. The van der Waals surface area contributed by atoms with E-state index in [9.17, 15) is 22.8 Å². The molecule has 0 unspecified atom stereocenters. The van der Waals surface area contributed by atoms with Crippen LogP contribution in [-0.2, 0) is 4.79 Å². The largest absolute Gasteiger partial charge is 0.337 e. The Morgan fingerprint density at radius 3 is 2.46 bits per heavy atom. The maximum absolute atomic E-state index is 14.2. The van der Waals surface area contributed by atoms with Gasteiger partial charge in [0.15, 0.2) is 0 Å². The molecule has 148 valence electrons. The van der Waals surface area contributed by atoms with E-state index in [0.29, 0.717) is 12.1 Å². The van der Waals surface area contributed by atoms with Crippen molar-refractivity contribution in [1.82, 2.24) is 9.80 Å². The van der Waals surface area contributed by atoms with E-state index in [2.05, 4.69) is 0 Å². The van der Waals surface area contributed by atoms with E-state index in [1.165, 1.54) is 47.0 Å². The van der Waals surface area contributed by atoms with Gasteiger partial charge in [0.1, 0.15) is 22.8 Å². The van der Waals surface area contributed by atoms with Gasteiger partial charge in [0, 0.05) is 36.8 Å². The number of hydrogen-bond donors (Lipinski definition) is 0. The Balaban J connectivity index is 1.72. The lowest BCUT2D eigenvalue weighted by atomic mass is 10.1. The lowest BCUT2D eigenvalue weighted by molar-refractivity contribution is -0.128. The molecular weight excluding hydrogens is 389 g/mol. The molecule has 2 aromatic rings. The molecule has 0 bridgehead atoms. The van der Waals surface area contributed by atoms with Crippen molar-refractivity contribution < 1.29 is 22.8 Å². The van der Waals surface area contributed by atoms with Gasteiger partial charge >= 0.3 is 0 Å². The van der Waals surface area contributed by atoms with Crippen LogP contribution in [0.4, 0.5) is 13.2 Å². The highest BCUT2D eigenvalue weighted by molar-refractivity contribution is 8.00. The minimum atomic E-state index is -0.702. The molecule has 0 spiro atoms. The monoisotopic (exact) mass is 408 g/mol. The van der Waals surface area contributed by atoms with E-state index in [0.717, 1.165) is 12.1 Å². The number of carbonyl (C=O) groups is 2. The van der Waals surface area contributed by atoms with E-state index < -0.39 is 22.8 Å². The number of benzene rings is 2. The highest BCUT2D eigenvalue weighted by atomic mass is 32.2. The fraction of sp³-hybridized carbons (Fsp3) is 0.300. The highest BCUT2D eigenvalue weighted by Crippen LogP contribution is 2.39. The van der Waals surface area contributed by atoms with Crippen molar-refractivity contribution in [2.24, 2.45) is 0 Å². The van der Waals surface area contributed by atoms with E-state index >= 15 is 0 Å². The van der Waals surface area contributed by atoms with E-state index in [-0.39, 0.29) is 36.2 Å². The van der Waals surface area contributed by atoms with Crippen LogP contribution in [0.2, 0.25) is 0 Å². The molecule has 1 saturated heterocycles. The van der Waals surface area contributed by atoms with E-state index in [4.69, 9.17) is 0 Å². The average Bonchev–Trinajstić information content (AvgIpc) is 3.03. The third-order valence-corrected chi connectivity index (χ3v) is 5.81. The molecule has 0 radical (unpaired) electrons. The second-order valence-electron chi connectivity index (χ2n) is 6.31. The van der Waals surface area contributed by atoms with Crippen LogP contribution in [0.3, 0.4) is 0 Å². The van der Waals surface area contributed by atoms with Crippen molar-refractivity contribution in [3.8, 4) is 0 Å². The lowest BCUT2D eigenvalue weighted by Crippen LogP contribution is -2.40. The number of hydrogen-bond acceptors (Lipinski definition) is 3. The van der Waals surface area contributed by atoms with Crippen LogP contribution >= 0.6 is 11.8 Å². The predicted octanol–water partition coefficient (Wildman–Crippen LogP) is 3.84. The molecule has 1 heterocycles. The van der Waals surface area contributed by atoms with Crippen molar-refractivity contribution in [3.05, 3.63) is 71.0 Å². The Morgan fingerprint density at radius 1 is 1.14 bits per heavy atom. The molecule has 0 saturated carbocycles. The first-order valence-corrected chi connectivity index (χ1v) is 9.86. The topological polar surface area (TPSA) is 40.6 Å². The molecule has 2 amide bonds. The van der Waals surface area contributed by atoms with E-state index in [1.54, 1.807) is 11.8 Å². The van der Waals surface area contributed by atoms with Gasteiger partial charge in [-0.15, -0.1) is 11.8 Å². The van der Waals surface area contributed by atoms with Crippen molar-refractivity contribution in [2.75, 3.05) is 25.4 Å². The molecule has 28 heavy (non-hydrogen) atoms. The number of rotatable bonds is 6. The molecule has 2 aromatic carbocycles. The fourth-order valence-corrected chi connectivity index (χ4v) is 4.30. The van der Waals surface area contributed by atoms with E-state index in [1.807, 2.05) is 0 Å². The summed E-state index contributed by atoms with van der Waals surface area (Å²) in [6.07, 6.45) is 0. The summed E-state index contributed by atoms with van der Waals surface area (Å²) in [6.45, 7) is 2.67. The summed E-state index contributed by atoms with van der Waals surface area (Å²) in [7, 11) is 0. The SMILES string of the molecule is CCN(CCN1C(=O)CS[C@H]1c1ccc(F)cc1F)C(=O)c1ccc(F)cc1. The second-order valence-corrected chi connectivity index (χ2v) is 7.38. The Morgan fingerprint density at radius 2 is 1.82 bits per heavy atom. The summed E-state index contributed by atoms with van der Waals surface area (Å²) in [5.74, 6) is -2.05. The molecule has 1 atom stereocenters. The third-order valence-electron chi connectivity index (χ3n) is 4.57. The standard InChI is InChI=1S/C20H19F3N2O2S/c1-2-24(19(27)13-3-5-14(21)6-4-13)9-10-25-18(26)12-28-20(25)16-8-7-15(22)11-17(16)23/h3-8,11,20H,2,9-10,12H2,1H3/t20-/m0/s1. The number of nitrogens with zero attached hydrogens (tertiary/aromatic N) is 2. The van der Waals surface area contributed by atoms with Crippen LogP contribution in [0.5, 0.6) is 0 Å². The molecule has 0 aromatic heterocycles. The van der Waals surface area contributed by atoms with Gasteiger partial charge in [0.25, 0.3) is 5.91 Å². The summed E-state index contributed by atoms with van der Waals surface area (Å²) < 4.78 is 40.4. The van der Waals surface area contributed by atoms with Crippen LogP contribution < -0.4 is 0 Å². The van der Waals surface area contributed by atoms with Gasteiger partial charge in [0.05, 0.1) is 5.75 Å². The third kappa shape index (κ3) is 4.32. The average molecular weight is 408 g/mol. The number of carbonyl (C=O) groups excluding carboxylic acids is 2.